The molecule has 1 aliphatic rings. The summed E-state index contributed by atoms with van der Waals surface area (Å²) in [6.45, 7) is 3.16. The van der Waals surface area contributed by atoms with Gasteiger partial charge in [-0.2, -0.15) is 0 Å². The summed E-state index contributed by atoms with van der Waals surface area (Å²) in [4.78, 5) is 0. The predicted molar refractivity (Wildman–Crippen MR) is 81.9 cm³/mol. The Hall–Kier alpha value is -1.86. The van der Waals surface area contributed by atoms with Crippen molar-refractivity contribution in [1.29, 1.82) is 0 Å². The molecule has 2 aromatic carbocycles. The molecule has 0 heterocycles. The van der Waals surface area contributed by atoms with E-state index in [0.717, 1.165) is 13.0 Å². The van der Waals surface area contributed by atoms with E-state index in [4.69, 9.17) is 0 Å². The van der Waals surface area contributed by atoms with E-state index in [9.17, 15) is 0 Å². The quantitative estimate of drug-likeness (QED) is 0.846. The minimum Gasteiger partial charge on any atom is -0.310 e. The molecule has 96 valence electrons. The zero-order chi connectivity index (χ0) is 13.1. The monoisotopic (exact) mass is 249 g/mol. The molecule has 0 spiro atoms. The minimum absolute atomic E-state index is 0.396. The van der Waals surface area contributed by atoms with Gasteiger partial charge in [0.25, 0.3) is 0 Å². The number of benzene rings is 2. The van der Waals surface area contributed by atoms with Crippen LogP contribution in [0.25, 0.3) is 12.2 Å². The number of rotatable bonds is 2. The molecule has 19 heavy (non-hydrogen) atoms. The minimum atomic E-state index is 0.396. The zero-order valence-corrected chi connectivity index (χ0v) is 11.3. The van der Waals surface area contributed by atoms with Gasteiger partial charge in [0.15, 0.2) is 0 Å². The van der Waals surface area contributed by atoms with Crippen LogP contribution in [0.4, 0.5) is 0 Å². The van der Waals surface area contributed by atoms with Gasteiger partial charge in [0.1, 0.15) is 0 Å². The normalized spacial score (nSPS) is 18.9. The lowest BCUT2D eigenvalue weighted by Crippen LogP contribution is -2.24. The van der Waals surface area contributed by atoms with E-state index in [2.05, 4.69) is 72.9 Å². The molecular formula is C18H19N. The van der Waals surface area contributed by atoms with Crippen LogP contribution in [-0.2, 0) is 6.42 Å². The van der Waals surface area contributed by atoms with Gasteiger partial charge in [0.05, 0.1) is 0 Å². The first kappa shape index (κ1) is 12.2. The smallest absolute Gasteiger partial charge is 0.0366 e. The van der Waals surface area contributed by atoms with Crippen molar-refractivity contribution in [3.63, 3.8) is 0 Å². The van der Waals surface area contributed by atoms with Crippen molar-refractivity contribution in [3.8, 4) is 0 Å². The second-order valence-electron chi connectivity index (χ2n) is 4.98. The summed E-state index contributed by atoms with van der Waals surface area (Å²) in [5.74, 6) is 0. The van der Waals surface area contributed by atoms with Gasteiger partial charge in [0.2, 0.25) is 0 Å². The van der Waals surface area contributed by atoms with Gasteiger partial charge in [0, 0.05) is 6.04 Å². The Balaban J connectivity index is 2.11. The second kappa shape index (κ2) is 5.41. The SMILES string of the molecule is CCNC1Cc2ccccc2/C=C\c2ccccc21. The highest BCUT2D eigenvalue weighted by atomic mass is 14.9. The number of hydrogen-bond donors (Lipinski definition) is 1. The average molecular weight is 249 g/mol. The van der Waals surface area contributed by atoms with Gasteiger partial charge in [-0.25, -0.2) is 0 Å². The Morgan fingerprint density at radius 3 is 2.47 bits per heavy atom. The van der Waals surface area contributed by atoms with Gasteiger partial charge in [-0.05, 0) is 35.2 Å². The van der Waals surface area contributed by atoms with E-state index in [0.29, 0.717) is 6.04 Å². The van der Waals surface area contributed by atoms with E-state index >= 15 is 0 Å². The molecule has 1 aliphatic carbocycles. The zero-order valence-electron chi connectivity index (χ0n) is 11.3. The second-order valence-corrected chi connectivity index (χ2v) is 4.98. The fourth-order valence-electron chi connectivity index (χ4n) is 2.80. The standard InChI is InChI=1S/C18H19N/c1-2-19-18-13-16-9-4-3-7-14(16)11-12-15-8-5-6-10-17(15)18/h3-12,18-19H,2,13H2,1H3/b12-11-. The third kappa shape index (κ3) is 2.47. The highest BCUT2D eigenvalue weighted by Crippen LogP contribution is 2.28. The summed E-state index contributed by atoms with van der Waals surface area (Å²) in [5, 5.41) is 3.62. The molecule has 2 aromatic rings. The first-order chi connectivity index (χ1) is 9.38. The van der Waals surface area contributed by atoms with Crippen molar-refractivity contribution in [3.05, 3.63) is 70.8 Å². The molecule has 0 fully saturated rings. The van der Waals surface area contributed by atoms with E-state index < -0.39 is 0 Å². The van der Waals surface area contributed by atoms with E-state index in [1.807, 2.05) is 0 Å². The number of fused-ring (bicyclic) bond motifs is 2. The fourth-order valence-corrected chi connectivity index (χ4v) is 2.80. The summed E-state index contributed by atoms with van der Waals surface area (Å²) in [7, 11) is 0. The number of hydrogen-bond acceptors (Lipinski definition) is 1. The molecule has 0 saturated carbocycles. The molecule has 0 bridgehead atoms. The lowest BCUT2D eigenvalue weighted by Gasteiger charge is -2.23. The van der Waals surface area contributed by atoms with Gasteiger partial charge >= 0.3 is 0 Å². The Morgan fingerprint density at radius 1 is 0.947 bits per heavy atom. The summed E-state index contributed by atoms with van der Waals surface area (Å²) < 4.78 is 0. The maximum absolute atomic E-state index is 3.62. The van der Waals surface area contributed by atoms with Crippen molar-refractivity contribution in [2.45, 2.75) is 19.4 Å². The maximum atomic E-state index is 3.62. The van der Waals surface area contributed by atoms with Crippen LogP contribution in [0.5, 0.6) is 0 Å². The molecule has 0 aromatic heterocycles. The van der Waals surface area contributed by atoms with E-state index in [-0.39, 0.29) is 0 Å². The maximum Gasteiger partial charge on any atom is 0.0366 e. The largest absolute Gasteiger partial charge is 0.310 e. The highest BCUT2D eigenvalue weighted by molar-refractivity contribution is 5.73. The topological polar surface area (TPSA) is 12.0 Å². The summed E-state index contributed by atoms with van der Waals surface area (Å²) >= 11 is 0. The van der Waals surface area contributed by atoms with Crippen molar-refractivity contribution in [2.24, 2.45) is 0 Å². The molecule has 0 aliphatic heterocycles. The van der Waals surface area contributed by atoms with Crippen LogP contribution >= 0.6 is 0 Å². The molecule has 0 amide bonds. The molecule has 1 atom stereocenters. The molecular weight excluding hydrogens is 230 g/mol. The van der Waals surface area contributed by atoms with Crippen molar-refractivity contribution < 1.29 is 0 Å². The van der Waals surface area contributed by atoms with E-state index in [1.54, 1.807) is 0 Å². The average Bonchev–Trinajstić information content (AvgIpc) is 2.44. The van der Waals surface area contributed by atoms with Crippen molar-refractivity contribution >= 4 is 12.2 Å². The van der Waals surface area contributed by atoms with Gasteiger partial charge < -0.3 is 5.32 Å². The summed E-state index contributed by atoms with van der Waals surface area (Å²) in [6, 6.07) is 17.7. The number of nitrogens with one attached hydrogen (secondary N) is 1. The highest BCUT2D eigenvalue weighted by Gasteiger charge is 2.16. The first-order valence-electron chi connectivity index (χ1n) is 6.97. The molecule has 1 nitrogen and oxygen atoms in total. The van der Waals surface area contributed by atoms with E-state index in [1.165, 1.54) is 22.3 Å². The molecule has 0 saturated heterocycles. The van der Waals surface area contributed by atoms with Crippen LogP contribution < -0.4 is 5.32 Å². The lowest BCUT2D eigenvalue weighted by atomic mass is 9.89. The van der Waals surface area contributed by atoms with Crippen LogP contribution in [0.2, 0.25) is 0 Å². The van der Waals surface area contributed by atoms with Crippen LogP contribution in [0.3, 0.4) is 0 Å². The lowest BCUT2D eigenvalue weighted by molar-refractivity contribution is 0.548. The van der Waals surface area contributed by atoms with Crippen LogP contribution in [0.15, 0.2) is 48.5 Å². The Morgan fingerprint density at radius 2 is 1.63 bits per heavy atom. The van der Waals surface area contributed by atoms with Gasteiger partial charge in [-0.3, -0.25) is 0 Å². The van der Waals surface area contributed by atoms with Crippen LogP contribution in [0, 0.1) is 0 Å². The Bertz CT molecular complexity index is 598. The van der Waals surface area contributed by atoms with Crippen LogP contribution in [-0.4, -0.2) is 6.54 Å². The Labute approximate surface area is 115 Å². The fraction of sp³-hybridized carbons (Fsp3) is 0.222. The van der Waals surface area contributed by atoms with Crippen LogP contribution in [0.1, 0.15) is 35.2 Å². The third-order valence-electron chi connectivity index (χ3n) is 3.74. The summed E-state index contributed by atoms with van der Waals surface area (Å²) in [5.41, 5.74) is 5.47. The van der Waals surface area contributed by atoms with Crippen molar-refractivity contribution in [1.82, 2.24) is 5.32 Å². The molecule has 1 unspecified atom stereocenters. The first-order valence-corrected chi connectivity index (χ1v) is 6.97. The molecule has 0 radical (unpaired) electrons. The van der Waals surface area contributed by atoms with Gasteiger partial charge in [-0.15, -0.1) is 0 Å². The molecule has 1 heteroatoms. The Kier molecular flexibility index (Phi) is 3.47. The molecule has 3 rings (SSSR count). The summed E-state index contributed by atoms with van der Waals surface area (Å²) in [6.07, 6.45) is 5.51. The van der Waals surface area contributed by atoms with Crippen molar-refractivity contribution in [2.75, 3.05) is 6.54 Å². The third-order valence-corrected chi connectivity index (χ3v) is 3.74. The van der Waals surface area contributed by atoms with Gasteiger partial charge in [-0.1, -0.05) is 67.6 Å². The number of likely N-dealkylation sites (N-methyl/N-ethyl adjacent to an activating group) is 1. The predicted octanol–water partition coefficient (Wildman–Crippen LogP) is 4.06. The molecule has 1 N–H and O–H groups in total.